The number of ketones is 3. The Bertz CT molecular complexity index is 1380. The van der Waals surface area contributed by atoms with E-state index in [4.69, 9.17) is 0 Å². The van der Waals surface area contributed by atoms with Crippen LogP contribution in [0.25, 0.3) is 0 Å². The molecule has 282 valence electrons. The SMILES string of the molecule is CN(C)S(=O)(=O)CC1(CC(=O)C[C@H]2CCCCCCCCCC[C@@H](C(=O)C(=O)NC3CC3)CC(=O)[C@@H]3[C@@H]4[C@H](CN3C2=O)C4(C)C)CCCCC1. The number of nitrogens with zero attached hydrogens (tertiary/aromatic N) is 2. The van der Waals surface area contributed by atoms with Crippen LogP contribution in [0.15, 0.2) is 0 Å². The molecule has 0 aromatic rings. The van der Waals surface area contributed by atoms with Gasteiger partial charge in [-0.2, -0.15) is 0 Å². The molecule has 0 spiro atoms. The minimum atomic E-state index is -3.52. The summed E-state index contributed by atoms with van der Waals surface area (Å²) in [5, 5.41) is 2.82. The van der Waals surface area contributed by atoms with Crippen molar-refractivity contribution in [2.75, 3.05) is 26.4 Å². The summed E-state index contributed by atoms with van der Waals surface area (Å²) in [6, 6.07) is -0.606. The van der Waals surface area contributed by atoms with Crippen molar-refractivity contribution in [1.29, 1.82) is 0 Å². The number of piperidine rings is 1. The summed E-state index contributed by atoms with van der Waals surface area (Å²) in [4.78, 5) is 70.9. The number of carbonyl (C=O) groups excluding carboxylic acids is 5. The first kappa shape index (κ1) is 39.1. The molecule has 3 saturated carbocycles. The molecule has 2 heterocycles. The van der Waals surface area contributed by atoms with Crippen molar-refractivity contribution in [3.05, 3.63) is 0 Å². The molecule has 3 aliphatic carbocycles. The Morgan fingerprint density at radius 2 is 1.42 bits per heavy atom. The van der Waals surface area contributed by atoms with E-state index >= 15 is 0 Å². The van der Waals surface area contributed by atoms with Gasteiger partial charge in [0.25, 0.3) is 5.91 Å². The van der Waals surface area contributed by atoms with Crippen molar-refractivity contribution < 1.29 is 32.4 Å². The summed E-state index contributed by atoms with van der Waals surface area (Å²) in [5.74, 6) is -2.61. The van der Waals surface area contributed by atoms with E-state index in [1.54, 1.807) is 4.90 Å². The van der Waals surface area contributed by atoms with Crippen molar-refractivity contribution in [3.63, 3.8) is 0 Å². The lowest BCUT2D eigenvalue weighted by atomic mass is 9.71. The third kappa shape index (κ3) is 9.44. The zero-order chi connectivity index (χ0) is 36.3. The first-order chi connectivity index (χ1) is 23.6. The number of Topliss-reactive ketones (excluding diaryl/α,β-unsaturated/α-hetero) is 3. The molecule has 0 aromatic carbocycles. The van der Waals surface area contributed by atoms with E-state index in [2.05, 4.69) is 19.2 Å². The zero-order valence-electron chi connectivity index (χ0n) is 31.2. The first-order valence-corrected chi connectivity index (χ1v) is 21.4. The molecule has 0 bridgehead atoms. The fraction of sp³-hybridized carbons (Fsp3) is 0.872. The summed E-state index contributed by atoms with van der Waals surface area (Å²) in [6.07, 6.45) is 14.9. The normalized spacial score (nSPS) is 31.0. The van der Waals surface area contributed by atoms with Gasteiger partial charge in [0.15, 0.2) is 5.78 Å². The zero-order valence-corrected chi connectivity index (χ0v) is 32.0. The molecule has 50 heavy (non-hydrogen) atoms. The van der Waals surface area contributed by atoms with Gasteiger partial charge in [0.1, 0.15) is 5.78 Å². The van der Waals surface area contributed by atoms with Crippen molar-refractivity contribution >= 4 is 39.2 Å². The summed E-state index contributed by atoms with van der Waals surface area (Å²) in [6.45, 7) is 4.74. The minimum Gasteiger partial charge on any atom is -0.347 e. The molecule has 2 aliphatic heterocycles. The lowest BCUT2D eigenvalue weighted by Gasteiger charge is -2.38. The van der Waals surface area contributed by atoms with Gasteiger partial charge in [-0.3, -0.25) is 24.0 Å². The van der Waals surface area contributed by atoms with Gasteiger partial charge >= 0.3 is 0 Å². The number of fused-ring (bicyclic) bond motifs is 3. The predicted molar refractivity (Wildman–Crippen MR) is 192 cm³/mol. The van der Waals surface area contributed by atoms with Crippen LogP contribution in [0.3, 0.4) is 0 Å². The third-order valence-electron chi connectivity index (χ3n) is 13.0. The second-order valence-electron chi connectivity index (χ2n) is 17.5. The standard InChI is InChI=1S/C39H63N3O7S/c1-38(2)31-25-42-34(33(31)38)32(44)23-27(35(45)36(46)40-29-18-19-29)16-12-9-7-5-6-8-10-13-17-28(37(42)47)22-30(43)24-39(20-14-11-15-21-39)26-50(48,49)41(3)4/h27-29,31,33-34H,5-26H2,1-4H3,(H,40,46)/t27-,28-,31+,33+,34-/m1/s1. The molecule has 5 rings (SSSR count). The van der Waals surface area contributed by atoms with Crippen LogP contribution in [-0.4, -0.2) is 85.3 Å². The van der Waals surface area contributed by atoms with Crippen LogP contribution in [0.4, 0.5) is 0 Å². The van der Waals surface area contributed by atoms with Gasteiger partial charge in [-0.05, 0) is 61.2 Å². The van der Waals surface area contributed by atoms with E-state index in [9.17, 15) is 32.4 Å². The fourth-order valence-electron chi connectivity index (χ4n) is 9.59. The number of rotatable bonds is 10. The average Bonchev–Trinajstić information content (AvgIpc) is 3.90. The smallest absolute Gasteiger partial charge is 0.287 e. The van der Waals surface area contributed by atoms with Gasteiger partial charge in [-0.15, -0.1) is 0 Å². The predicted octanol–water partition coefficient (Wildman–Crippen LogP) is 5.61. The quantitative estimate of drug-likeness (QED) is 0.290. The van der Waals surface area contributed by atoms with E-state index in [-0.39, 0.29) is 65.8 Å². The van der Waals surface area contributed by atoms with Crippen LogP contribution in [0, 0.1) is 34.5 Å². The number of hydrogen-bond donors (Lipinski definition) is 1. The molecule has 2 amide bonds. The maximum atomic E-state index is 14.6. The van der Waals surface area contributed by atoms with Crippen LogP contribution in [0.5, 0.6) is 0 Å². The van der Waals surface area contributed by atoms with Gasteiger partial charge in [0.05, 0.1) is 11.8 Å². The Balaban J connectivity index is 1.36. The number of nitrogens with one attached hydrogen (secondary N) is 1. The molecular formula is C39H63N3O7S. The monoisotopic (exact) mass is 717 g/mol. The third-order valence-corrected chi connectivity index (χ3v) is 15.1. The summed E-state index contributed by atoms with van der Waals surface area (Å²) in [7, 11) is -0.447. The molecule has 0 unspecified atom stereocenters. The molecule has 10 nitrogen and oxygen atoms in total. The maximum absolute atomic E-state index is 14.6. The largest absolute Gasteiger partial charge is 0.347 e. The number of carbonyl (C=O) groups is 5. The van der Waals surface area contributed by atoms with E-state index in [1.165, 1.54) is 18.4 Å². The van der Waals surface area contributed by atoms with Crippen molar-refractivity contribution in [3.8, 4) is 0 Å². The molecule has 5 aliphatic rings. The molecular weight excluding hydrogens is 655 g/mol. The Morgan fingerprint density at radius 3 is 2.02 bits per heavy atom. The van der Waals surface area contributed by atoms with Crippen molar-refractivity contribution in [2.45, 2.75) is 154 Å². The average molecular weight is 718 g/mol. The highest BCUT2D eigenvalue weighted by Crippen LogP contribution is 2.65. The van der Waals surface area contributed by atoms with Gasteiger partial charge in [-0.25, -0.2) is 12.7 Å². The maximum Gasteiger partial charge on any atom is 0.287 e. The molecule has 5 fully saturated rings. The summed E-state index contributed by atoms with van der Waals surface area (Å²) >= 11 is 0. The van der Waals surface area contributed by atoms with Gasteiger partial charge < -0.3 is 10.2 Å². The number of amides is 2. The van der Waals surface area contributed by atoms with E-state index in [0.717, 1.165) is 83.5 Å². The van der Waals surface area contributed by atoms with Crippen LogP contribution in [-0.2, 0) is 34.0 Å². The molecule has 2 saturated heterocycles. The summed E-state index contributed by atoms with van der Waals surface area (Å²) < 4.78 is 27.3. The molecule has 1 N–H and O–H groups in total. The van der Waals surface area contributed by atoms with Gasteiger partial charge in [0.2, 0.25) is 21.7 Å². The Hall–Kier alpha value is -2.14. The van der Waals surface area contributed by atoms with E-state index in [0.29, 0.717) is 32.2 Å². The fourth-order valence-corrected chi connectivity index (χ4v) is 11.0. The lowest BCUT2D eigenvalue weighted by molar-refractivity contribution is -0.146. The number of hydrogen-bond acceptors (Lipinski definition) is 7. The topological polar surface area (TPSA) is 138 Å². The second kappa shape index (κ2) is 16.3. The Labute approximate surface area is 300 Å². The highest BCUT2D eigenvalue weighted by Gasteiger charge is 2.69. The molecule has 0 radical (unpaired) electrons. The Morgan fingerprint density at radius 1 is 0.840 bits per heavy atom. The van der Waals surface area contributed by atoms with Crippen LogP contribution in [0.1, 0.15) is 142 Å². The first-order valence-electron chi connectivity index (χ1n) is 19.7. The molecule has 0 aromatic heterocycles. The number of sulfonamides is 1. The minimum absolute atomic E-state index is 0.00447. The lowest BCUT2D eigenvalue weighted by Crippen LogP contribution is -2.49. The van der Waals surface area contributed by atoms with E-state index < -0.39 is 45.0 Å². The van der Waals surface area contributed by atoms with Crippen molar-refractivity contribution in [1.82, 2.24) is 14.5 Å². The highest BCUT2D eigenvalue weighted by molar-refractivity contribution is 7.89. The van der Waals surface area contributed by atoms with Gasteiger partial charge in [0, 0.05) is 57.8 Å². The summed E-state index contributed by atoms with van der Waals surface area (Å²) in [5.41, 5.74) is -0.723. The Kier molecular flexibility index (Phi) is 12.7. The van der Waals surface area contributed by atoms with E-state index in [1.807, 2.05) is 0 Å². The highest BCUT2D eigenvalue weighted by atomic mass is 32.2. The van der Waals surface area contributed by atoms with Crippen LogP contribution in [0.2, 0.25) is 0 Å². The molecule has 11 heteroatoms. The van der Waals surface area contributed by atoms with Gasteiger partial charge in [-0.1, -0.05) is 84.5 Å². The second-order valence-corrected chi connectivity index (χ2v) is 19.7. The van der Waals surface area contributed by atoms with Crippen molar-refractivity contribution in [2.24, 2.45) is 34.5 Å². The van der Waals surface area contributed by atoms with Crippen LogP contribution >= 0.6 is 0 Å². The van der Waals surface area contributed by atoms with Crippen LogP contribution < -0.4 is 5.32 Å². The molecule has 5 atom stereocenters.